The number of carbonyl (C=O) groups excluding carboxylic acids is 4. The minimum Gasteiger partial charge on any atom is -0.464 e. The Balaban J connectivity index is 1.70. The Bertz CT molecular complexity index is 1070. The van der Waals surface area contributed by atoms with Gasteiger partial charge in [0.1, 0.15) is 6.04 Å². The summed E-state index contributed by atoms with van der Waals surface area (Å²) < 4.78 is 5.21. The summed E-state index contributed by atoms with van der Waals surface area (Å²) in [5, 5.41) is 11.4. The van der Waals surface area contributed by atoms with Crippen molar-refractivity contribution in [3.05, 3.63) is 71.3 Å². The van der Waals surface area contributed by atoms with E-state index >= 15 is 0 Å². The molecule has 0 aliphatic carbocycles. The van der Waals surface area contributed by atoms with Gasteiger partial charge in [-0.2, -0.15) is 0 Å². The first kappa shape index (κ1) is 27.9. The van der Waals surface area contributed by atoms with E-state index in [4.69, 9.17) is 9.94 Å². The fraction of sp³-hybridized carbons (Fsp3) is 0.429. The highest BCUT2D eigenvalue weighted by Gasteiger charge is 2.36. The van der Waals surface area contributed by atoms with Crippen LogP contribution in [0.25, 0.3) is 0 Å². The summed E-state index contributed by atoms with van der Waals surface area (Å²) >= 11 is 0. The molecule has 9 heteroatoms. The first-order valence-corrected chi connectivity index (χ1v) is 12.8. The van der Waals surface area contributed by atoms with E-state index in [0.29, 0.717) is 31.4 Å². The van der Waals surface area contributed by atoms with Crippen molar-refractivity contribution < 1.29 is 29.1 Å². The molecule has 9 nitrogen and oxygen atoms in total. The van der Waals surface area contributed by atoms with Crippen LogP contribution in [0.2, 0.25) is 0 Å². The number of benzene rings is 2. The van der Waals surface area contributed by atoms with E-state index in [1.807, 2.05) is 30.3 Å². The maximum Gasteiger partial charge on any atom is 0.333 e. The molecule has 0 saturated heterocycles. The monoisotopic (exact) mass is 509 g/mol. The molecule has 1 heterocycles. The van der Waals surface area contributed by atoms with Gasteiger partial charge in [-0.1, -0.05) is 67.4 Å². The molecule has 2 unspecified atom stereocenters. The lowest BCUT2D eigenvalue weighted by atomic mass is 9.92. The quantitative estimate of drug-likeness (QED) is 0.175. The van der Waals surface area contributed by atoms with Gasteiger partial charge in [0.15, 0.2) is 6.04 Å². The van der Waals surface area contributed by atoms with Gasteiger partial charge in [0.25, 0.3) is 0 Å². The number of amides is 3. The Labute approximate surface area is 217 Å². The van der Waals surface area contributed by atoms with Crippen LogP contribution in [0.15, 0.2) is 54.6 Å². The van der Waals surface area contributed by atoms with E-state index in [1.165, 1.54) is 0 Å². The van der Waals surface area contributed by atoms with Crippen molar-refractivity contribution in [2.24, 2.45) is 0 Å². The van der Waals surface area contributed by atoms with Crippen LogP contribution in [0, 0.1) is 0 Å². The van der Waals surface area contributed by atoms with Gasteiger partial charge in [0, 0.05) is 25.8 Å². The molecule has 0 aromatic heterocycles. The molecule has 1 aliphatic rings. The van der Waals surface area contributed by atoms with Crippen LogP contribution < -0.4 is 10.8 Å². The van der Waals surface area contributed by atoms with E-state index in [9.17, 15) is 19.2 Å². The highest BCUT2D eigenvalue weighted by Crippen LogP contribution is 2.26. The van der Waals surface area contributed by atoms with Gasteiger partial charge in [-0.15, -0.1) is 0 Å². The number of rotatable bonds is 12. The molecule has 2 aromatic carbocycles. The molecule has 0 fully saturated rings. The molecule has 0 saturated carbocycles. The minimum absolute atomic E-state index is 0.129. The molecule has 3 N–H and O–H groups in total. The number of hydroxylamine groups is 1. The summed E-state index contributed by atoms with van der Waals surface area (Å²) in [6.07, 6.45) is 3.63. The number of nitrogens with zero attached hydrogens (tertiary/aromatic N) is 1. The lowest BCUT2D eigenvalue weighted by Gasteiger charge is -2.36. The molecule has 0 spiro atoms. The average Bonchev–Trinajstić information content (AvgIpc) is 2.92. The highest BCUT2D eigenvalue weighted by atomic mass is 16.5. The predicted octanol–water partition coefficient (Wildman–Crippen LogP) is 3.21. The van der Waals surface area contributed by atoms with E-state index in [-0.39, 0.29) is 25.4 Å². The van der Waals surface area contributed by atoms with Crippen LogP contribution in [-0.2, 0) is 36.9 Å². The second kappa shape index (κ2) is 14.1. The highest BCUT2D eigenvalue weighted by molar-refractivity contribution is 5.92. The number of carbonyl (C=O) groups is 4. The van der Waals surface area contributed by atoms with Crippen molar-refractivity contribution in [1.29, 1.82) is 0 Å². The van der Waals surface area contributed by atoms with Crippen LogP contribution in [0.3, 0.4) is 0 Å². The van der Waals surface area contributed by atoms with Crippen molar-refractivity contribution in [2.75, 3.05) is 6.61 Å². The fourth-order valence-electron chi connectivity index (χ4n) is 4.52. The van der Waals surface area contributed by atoms with Crippen LogP contribution >= 0.6 is 0 Å². The maximum atomic E-state index is 13.6. The lowest BCUT2D eigenvalue weighted by molar-refractivity contribution is -0.149. The van der Waals surface area contributed by atoms with Crippen LogP contribution in [-0.4, -0.2) is 46.4 Å². The Morgan fingerprint density at radius 1 is 0.946 bits per heavy atom. The van der Waals surface area contributed by atoms with Crippen molar-refractivity contribution in [1.82, 2.24) is 15.7 Å². The van der Waals surface area contributed by atoms with Crippen molar-refractivity contribution in [2.45, 2.75) is 70.5 Å². The first-order chi connectivity index (χ1) is 17.9. The summed E-state index contributed by atoms with van der Waals surface area (Å²) in [7, 11) is 0. The normalized spacial score (nSPS) is 15.3. The van der Waals surface area contributed by atoms with Gasteiger partial charge < -0.3 is 15.0 Å². The zero-order valence-corrected chi connectivity index (χ0v) is 21.2. The molecular weight excluding hydrogens is 474 g/mol. The number of fused-ring (bicyclic) bond motifs is 1. The molecule has 37 heavy (non-hydrogen) atoms. The number of hydrogen-bond donors (Lipinski definition) is 3. The number of unbranched alkanes of at least 4 members (excludes halogenated alkanes) is 3. The smallest absolute Gasteiger partial charge is 0.333 e. The van der Waals surface area contributed by atoms with Crippen molar-refractivity contribution in [3.63, 3.8) is 0 Å². The van der Waals surface area contributed by atoms with Crippen LogP contribution in [0.5, 0.6) is 0 Å². The molecule has 1 aliphatic heterocycles. The third-order valence-electron chi connectivity index (χ3n) is 6.48. The number of hydrogen-bond acceptors (Lipinski definition) is 6. The van der Waals surface area contributed by atoms with Crippen LogP contribution in [0.1, 0.15) is 68.2 Å². The van der Waals surface area contributed by atoms with Gasteiger partial charge >= 0.3 is 5.97 Å². The summed E-state index contributed by atoms with van der Waals surface area (Å²) in [5.74, 6) is -1.51. The second-order valence-corrected chi connectivity index (χ2v) is 9.06. The van der Waals surface area contributed by atoms with Crippen LogP contribution in [0.4, 0.5) is 0 Å². The Morgan fingerprint density at radius 3 is 2.27 bits per heavy atom. The predicted molar refractivity (Wildman–Crippen MR) is 136 cm³/mol. The Morgan fingerprint density at radius 2 is 1.59 bits per heavy atom. The van der Waals surface area contributed by atoms with E-state index < -0.39 is 29.9 Å². The molecule has 0 radical (unpaired) electrons. The van der Waals surface area contributed by atoms with Gasteiger partial charge in [-0.25, -0.2) is 10.3 Å². The maximum absolute atomic E-state index is 13.6. The summed E-state index contributed by atoms with van der Waals surface area (Å²) in [6.45, 7) is 2.21. The molecule has 3 amide bonds. The average molecular weight is 510 g/mol. The second-order valence-electron chi connectivity index (χ2n) is 9.06. The largest absolute Gasteiger partial charge is 0.464 e. The topological polar surface area (TPSA) is 125 Å². The number of nitrogens with one attached hydrogen (secondary N) is 2. The first-order valence-electron chi connectivity index (χ1n) is 12.8. The van der Waals surface area contributed by atoms with E-state index in [0.717, 1.165) is 24.0 Å². The zero-order chi connectivity index (χ0) is 26.6. The molecule has 2 atom stereocenters. The standard InChI is InChI=1S/C28H35N3O6/c1-2-37-28(35)26(20-12-6-5-7-13-20)29-27(34)23-18-21-14-10-11-15-22(21)19-31(23)25(33)17-9-4-3-8-16-24(32)30-36/h5-7,10-15,23,26,36H,2-4,8-9,16-19H2,1H3,(H,29,34)(H,30,32). The molecule has 2 aromatic rings. The van der Waals surface area contributed by atoms with E-state index in [1.54, 1.807) is 41.6 Å². The zero-order valence-electron chi connectivity index (χ0n) is 21.2. The summed E-state index contributed by atoms with van der Waals surface area (Å²) in [5.41, 5.74) is 4.22. The van der Waals surface area contributed by atoms with E-state index in [2.05, 4.69) is 5.32 Å². The number of esters is 1. The Hall–Kier alpha value is -3.72. The third-order valence-corrected chi connectivity index (χ3v) is 6.48. The molecule has 198 valence electrons. The van der Waals surface area contributed by atoms with Crippen molar-refractivity contribution >= 4 is 23.7 Å². The van der Waals surface area contributed by atoms with Gasteiger partial charge in [-0.05, 0) is 36.5 Å². The minimum atomic E-state index is -0.973. The SMILES string of the molecule is CCOC(=O)C(NC(=O)C1Cc2ccccc2CN1C(=O)CCCCCCC(=O)NO)c1ccccc1. The molecule has 3 rings (SSSR count). The molecular formula is C28H35N3O6. The lowest BCUT2D eigenvalue weighted by Crippen LogP contribution is -2.53. The third kappa shape index (κ3) is 7.88. The van der Waals surface area contributed by atoms with Crippen molar-refractivity contribution in [3.8, 4) is 0 Å². The molecule has 0 bridgehead atoms. The van der Waals surface area contributed by atoms with Gasteiger partial charge in [-0.3, -0.25) is 19.6 Å². The summed E-state index contributed by atoms with van der Waals surface area (Å²) in [6, 6.07) is 14.9. The van der Waals surface area contributed by atoms with Gasteiger partial charge in [0.2, 0.25) is 17.7 Å². The Kier molecular flexibility index (Phi) is 10.6. The summed E-state index contributed by atoms with van der Waals surface area (Å²) in [4.78, 5) is 52.2. The fourth-order valence-corrected chi connectivity index (χ4v) is 4.52. The van der Waals surface area contributed by atoms with Gasteiger partial charge in [0.05, 0.1) is 6.61 Å². The number of ether oxygens (including phenoxy) is 1.